The van der Waals surface area contributed by atoms with Crippen LogP contribution in [0.3, 0.4) is 0 Å². The number of fused-ring (bicyclic) bond motifs is 1. The molecule has 0 fully saturated rings. The summed E-state index contributed by atoms with van der Waals surface area (Å²) < 4.78 is 10.4. The number of methoxy groups -OCH3 is 2. The van der Waals surface area contributed by atoms with Gasteiger partial charge in [-0.05, 0) is 72.8 Å². The zero-order chi connectivity index (χ0) is 20.1. The normalized spacial score (nSPS) is 12.0. The minimum absolute atomic E-state index is 0.0433. The van der Waals surface area contributed by atoms with Crippen LogP contribution in [0.15, 0.2) is 60.7 Å². The quantitative estimate of drug-likeness (QED) is 0.665. The van der Waals surface area contributed by atoms with E-state index in [1.807, 2.05) is 55.3 Å². The van der Waals surface area contributed by atoms with Gasteiger partial charge in [0.1, 0.15) is 11.5 Å². The third-order valence-electron chi connectivity index (χ3n) is 4.94. The van der Waals surface area contributed by atoms with Gasteiger partial charge in [0.05, 0.1) is 20.3 Å². The third kappa shape index (κ3) is 4.61. The van der Waals surface area contributed by atoms with Crippen molar-refractivity contribution < 1.29 is 14.3 Å². The molecule has 0 heterocycles. The second-order valence-electron chi connectivity index (χ2n) is 6.86. The lowest BCUT2D eigenvalue weighted by Crippen LogP contribution is -2.39. The van der Waals surface area contributed by atoms with Crippen molar-refractivity contribution in [2.45, 2.75) is 19.5 Å². The largest absolute Gasteiger partial charge is 0.497 e. The predicted molar refractivity (Wildman–Crippen MR) is 113 cm³/mol. The molecule has 0 aromatic heterocycles. The molecular formula is C23H26N2O3. The smallest absolute Gasteiger partial charge is 0.241 e. The summed E-state index contributed by atoms with van der Waals surface area (Å²) in [5.41, 5.74) is 1.91. The van der Waals surface area contributed by atoms with E-state index < -0.39 is 0 Å². The molecule has 3 rings (SSSR count). The van der Waals surface area contributed by atoms with E-state index >= 15 is 0 Å². The van der Waals surface area contributed by atoms with Gasteiger partial charge in [0.25, 0.3) is 0 Å². The molecule has 1 atom stereocenters. The van der Waals surface area contributed by atoms with Gasteiger partial charge in [-0.2, -0.15) is 0 Å². The highest BCUT2D eigenvalue weighted by molar-refractivity contribution is 5.94. The number of rotatable bonds is 7. The van der Waals surface area contributed by atoms with E-state index in [1.165, 1.54) is 0 Å². The van der Waals surface area contributed by atoms with Gasteiger partial charge in [0, 0.05) is 12.2 Å². The Morgan fingerprint density at radius 2 is 1.54 bits per heavy atom. The average molecular weight is 378 g/mol. The lowest BCUT2D eigenvalue weighted by atomic mass is 10.1. The molecule has 0 aliphatic rings. The number of nitrogens with one attached hydrogen (secondary N) is 1. The Morgan fingerprint density at radius 3 is 2.21 bits per heavy atom. The summed E-state index contributed by atoms with van der Waals surface area (Å²) in [6, 6.07) is 19.4. The van der Waals surface area contributed by atoms with Gasteiger partial charge < -0.3 is 14.8 Å². The van der Waals surface area contributed by atoms with Gasteiger partial charge in [-0.15, -0.1) is 0 Å². The number of ether oxygens (including phenoxy) is 2. The van der Waals surface area contributed by atoms with Crippen molar-refractivity contribution in [2.24, 2.45) is 0 Å². The van der Waals surface area contributed by atoms with E-state index in [2.05, 4.69) is 29.6 Å². The molecule has 0 bridgehead atoms. The number of anilines is 1. The first-order valence-corrected chi connectivity index (χ1v) is 9.22. The SMILES string of the molecule is COc1ccc(NC(=O)[C@H](C)N(C)Cc2ccc3cc(OC)ccc3c2)cc1. The van der Waals surface area contributed by atoms with Crippen LogP contribution in [-0.2, 0) is 11.3 Å². The Bertz CT molecular complexity index is 954. The van der Waals surface area contributed by atoms with Crippen molar-refractivity contribution in [1.82, 2.24) is 4.90 Å². The summed E-state index contributed by atoms with van der Waals surface area (Å²) >= 11 is 0. The number of hydrogen-bond acceptors (Lipinski definition) is 4. The highest BCUT2D eigenvalue weighted by atomic mass is 16.5. The molecule has 3 aromatic carbocycles. The first-order chi connectivity index (χ1) is 13.5. The molecule has 1 N–H and O–H groups in total. The number of amides is 1. The maximum absolute atomic E-state index is 12.6. The van der Waals surface area contributed by atoms with Crippen LogP contribution >= 0.6 is 0 Å². The first kappa shape index (κ1) is 19.7. The van der Waals surface area contributed by atoms with Crippen molar-refractivity contribution in [3.8, 4) is 11.5 Å². The molecule has 0 spiro atoms. The lowest BCUT2D eigenvalue weighted by molar-refractivity contribution is -0.120. The van der Waals surface area contributed by atoms with Gasteiger partial charge >= 0.3 is 0 Å². The molecule has 28 heavy (non-hydrogen) atoms. The molecule has 3 aromatic rings. The fourth-order valence-electron chi connectivity index (χ4n) is 3.04. The Hall–Kier alpha value is -3.05. The van der Waals surface area contributed by atoms with E-state index in [0.717, 1.165) is 33.5 Å². The zero-order valence-corrected chi connectivity index (χ0v) is 16.7. The number of benzene rings is 3. The van der Waals surface area contributed by atoms with Crippen molar-refractivity contribution in [3.05, 3.63) is 66.2 Å². The Morgan fingerprint density at radius 1 is 0.929 bits per heavy atom. The van der Waals surface area contributed by atoms with Crippen LogP contribution in [0.25, 0.3) is 10.8 Å². The summed E-state index contributed by atoms with van der Waals surface area (Å²) in [5, 5.41) is 5.24. The van der Waals surface area contributed by atoms with Gasteiger partial charge in [0.15, 0.2) is 0 Å². The topological polar surface area (TPSA) is 50.8 Å². The molecule has 0 radical (unpaired) electrons. The van der Waals surface area contributed by atoms with Crippen molar-refractivity contribution in [1.29, 1.82) is 0 Å². The highest BCUT2D eigenvalue weighted by Gasteiger charge is 2.18. The first-order valence-electron chi connectivity index (χ1n) is 9.22. The van der Waals surface area contributed by atoms with Gasteiger partial charge in [-0.25, -0.2) is 0 Å². The second-order valence-corrected chi connectivity index (χ2v) is 6.86. The number of hydrogen-bond donors (Lipinski definition) is 1. The average Bonchev–Trinajstić information content (AvgIpc) is 2.73. The Balaban J connectivity index is 1.64. The van der Waals surface area contributed by atoms with Crippen LogP contribution in [0.4, 0.5) is 5.69 Å². The van der Waals surface area contributed by atoms with E-state index in [4.69, 9.17) is 9.47 Å². The molecule has 146 valence electrons. The fourth-order valence-corrected chi connectivity index (χ4v) is 3.04. The van der Waals surface area contributed by atoms with Gasteiger partial charge in [-0.1, -0.05) is 18.2 Å². The van der Waals surface area contributed by atoms with Gasteiger partial charge in [0.2, 0.25) is 5.91 Å². The summed E-state index contributed by atoms with van der Waals surface area (Å²) in [6.45, 7) is 2.59. The molecule has 5 nitrogen and oxygen atoms in total. The zero-order valence-electron chi connectivity index (χ0n) is 16.7. The standard InChI is InChI=1S/C23H26N2O3/c1-16(23(26)24-20-8-11-21(27-3)12-9-20)25(2)15-17-5-6-19-14-22(28-4)10-7-18(19)13-17/h5-14,16H,15H2,1-4H3,(H,24,26)/t16-/m0/s1. The molecular weight excluding hydrogens is 352 g/mol. The molecule has 0 saturated carbocycles. The van der Waals surface area contributed by atoms with Crippen LogP contribution in [0.5, 0.6) is 11.5 Å². The van der Waals surface area contributed by atoms with Crippen LogP contribution in [0.2, 0.25) is 0 Å². The Labute approximate surface area is 165 Å². The van der Waals surface area contributed by atoms with E-state index in [0.29, 0.717) is 6.54 Å². The minimum atomic E-state index is -0.270. The van der Waals surface area contributed by atoms with Crippen LogP contribution in [-0.4, -0.2) is 38.1 Å². The van der Waals surface area contributed by atoms with Crippen LogP contribution in [0.1, 0.15) is 12.5 Å². The number of likely N-dealkylation sites (N-methyl/N-ethyl adjacent to an activating group) is 1. The molecule has 0 unspecified atom stereocenters. The summed E-state index contributed by atoms with van der Waals surface area (Å²) in [4.78, 5) is 14.6. The Kier molecular flexibility index (Phi) is 6.16. The van der Waals surface area contributed by atoms with Crippen molar-refractivity contribution in [3.63, 3.8) is 0 Å². The van der Waals surface area contributed by atoms with Crippen LogP contribution < -0.4 is 14.8 Å². The third-order valence-corrected chi connectivity index (χ3v) is 4.94. The van der Waals surface area contributed by atoms with E-state index in [9.17, 15) is 4.79 Å². The highest BCUT2D eigenvalue weighted by Crippen LogP contribution is 2.23. The number of carbonyl (C=O) groups is 1. The molecule has 5 heteroatoms. The van der Waals surface area contributed by atoms with E-state index in [-0.39, 0.29) is 11.9 Å². The summed E-state index contributed by atoms with van der Waals surface area (Å²) in [7, 11) is 5.24. The maximum atomic E-state index is 12.6. The van der Waals surface area contributed by atoms with Crippen molar-refractivity contribution >= 4 is 22.4 Å². The van der Waals surface area contributed by atoms with Crippen LogP contribution in [0, 0.1) is 0 Å². The molecule has 0 aliphatic carbocycles. The molecule has 0 saturated heterocycles. The lowest BCUT2D eigenvalue weighted by Gasteiger charge is -2.24. The van der Waals surface area contributed by atoms with E-state index in [1.54, 1.807) is 14.2 Å². The minimum Gasteiger partial charge on any atom is -0.497 e. The maximum Gasteiger partial charge on any atom is 0.241 e. The monoisotopic (exact) mass is 378 g/mol. The fraction of sp³-hybridized carbons (Fsp3) is 0.261. The number of carbonyl (C=O) groups excluding carboxylic acids is 1. The summed E-state index contributed by atoms with van der Waals surface area (Å²) in [6.07, 6.45) is 0. The second kappa shape index (κ2) is 8.76. The summed E-state index contributed by atoms with van der Waals surface area (Å²) in [5.74, 6) is 1.57. The molecule has 1 amide bonds. The van der Waals surface area contributed by atoms with Gasteiger partial charge in [-0.3, -0.25) is 9.69 Å². The van der Waals surface area contributed by atoms with Crippen molar-refractivity contribution in [2.75, 3.05) is 26.6 Å². The molecule has 0 aliphatic heterocycles. The predicted octanol–water partition coefficient (Wildman–Crippen LogP) is 4.32. The number of nitrogens with zero attached hydrogens (tertiary/aromatic N) is 1.